The highest BCUT2D eigenvalue weighted by atomic mass is 28.3. The number of carbonyl (C=O) groups is 1. The van der Waals surface area contributed by atoms with Gasteiger partial charge < -0.3 is 14.2 Å². The number of hydrogen-bond acceptors (Lipinski definition) is 5. The van der Waals surface area contributed by atoms with Crippen LogP contribution in [0.1, 0.15) is 19.8 Å². The van der Waals surface area contributed by atoms with E-state index in [-0.39, 0.29) is 12.2 Å². The van der Waals surface area contributed by atoms with Crippen molar-refractivity contribution in [1.29, 1.82) is 0 Å². The Labute approximate surface area is 134 Å². The molecule has 0 radical (unpaired) electrons. The maximum absolute atomic E-state index is 12.0. The number of esters is 1. The molecule has 0 aliphatic heterocycles. The van der Waals surface area contributed by atoms with E-state index in [1.165, 1.54) is 0 Å². The highest BCUT2D eigenvalue weighted by Crippen LogP contribution is 2.18. The smallest absolute Gasteiger partial charge is 0.314 e. The van der Waals surface area contributed by atoms with E-state index in [0.29, 0.717) is 19.4 Å². The molecule has 2 atom stereocenters. The summed E-state index contributed by atoms with van der Waals surface area (Å²) in [6.45, 7) is 8.98. The molecule has 22 heavy (non-hydrogen) atoms. The van der Waals surface area contributed by atoms with Crippen LogP contribution in [0.4, 0.5) is 0 Å². The van der Waals surface area contributed by atoms with Gasteiger partial charge in [-0.3, -0.25) is 4.79 Å². The molecule has 0 saturated carbocycles. The minimum absolute atomic E-state index is 0.102. The van der Waals surface area contributed by atoms with Gasteiger partial charge in [0.05, 0.1) is 6.61 Å². The first-order chi connectivity index (χ1) is 10.2. The lowest BCUT2D eigenvalue weighted by Gasteiger charge is -2.21. The predicted molar refractivity (Wildman–Crippen MR) is 88.3 cm³/mol. The minimum Gasteiger partial charge on any atom is -0.466 e. The Morgan fingerprint density at radius 3 is 2.27 bits per heavy atom. The van der Waals surface area contributed by atoms with Crippen molar-refractivity contribution < 1.29 is 19.0 Å². The summed E-state index contributed by atoms with van der Waals surface area (Å²) in [5.74, 6) is -0.348. The second-order valence-corrected chi connectivity index (χ2v) is 12.3. The van der Waals surface area contributed by atoms with E-state index in [9.17, 15) is 4.79 Å². The van der Waals surface area contributed by atoms with E-state index in [1.807, 2.05) is 6.92 Å². The van der Waals surface area contributed by atoms with Crippen LogP contribution in [0.15, 0.2) is 5.11 Å². The standard InChI is InChI=1S/C14H29N3O4Si/c1-11(10-13(19-2)20-3)9-12(16-17-15)14(18)21-7-8-22(4,5)6/h11-13H,7-10H2,1-6H3/t11?,12-/m0/s1. The zero-order chi connectivity index (χ0) is 17.2. The van der Waals surface area contributed by atoms with Gasteiger partial charge in [0.2, 0.25) is 0 Å². The van der Waals surface area contributed by atoms with Gasteiger partial charge in [-0.2, -0.15) is 0 Å². The number of carbonyl (C=O) groups excluding carboxylic acids is 1. The van der Waals surface area contributed by atoms with Crippen molar-refractivity contribution in [1.82, 2.24) is 0 Å². The molecule has 0 spiro atoms. The maximum Gasteiger partial charge on any atom is 0.314 e. The molecule has 0 N–H and O–H groups in total. The number of azide groups is 1. The Balaban J connectivity index is 4.46. The Morgan fingerprint density at radius 1 is 1.23 bits per heavy atom. The van der Waals surface area contributed by atoms with Crippen LogP contribution >= 0.6 is 0 Å². The third-order valence-electron chi connectivity index (χ3n) is 3.31. The van der Waals surface area contributed by atoms with Gasteiger partial charge in [-0.15, -0.1) is 0 Å². The van der Waals surface area contributed by atoms with Crippen LogP contribution in [0, 0.1) is 5.92 Å². The van der Waals surface area contributed by atoms with E-state index in [0.717, 1.165) is 6.04 Å². The van der Waals surface area contributed by atoms with Gasteiger partial charge >= 0.3 is 5.97 Å². The Kier molecular flexibility index (Phi) is 10.1. The second-order valence-electron chi connectivity index (χ2n) is 6.68. The molecule has 7 nitrogen and oxygen atoms in total. The fourth-order valence-corrected chi connectivity index (χ4v) is 2.62. The molecular weight excluding hydrogens is 302 g/mol. The fourth-order valence-electron chi connectivity index (χ4n) is 1.90. The van der Waals surface area contributed by atoms with E-state index < -0.39 is 20.1 Å². The third kappa shape index (κ3) is 9.78. The van der Waals surface area contributed by atoms with Gasteiger partial charge in [-0.05, 0) is 23.9 Å². The maximum atomic E-state index is 12.0. The van der Waals surface area contributed by atoms with Crippen molar-refractivity contribution >= 4 is 14.0 Å². The molecule has 0 aromatic carbocycles. The van der Waals surface area contributed by atoms with Crippen LogP contribution in [-0.2, 0) is 19.0 Å². The summed E-state index contributed by atoms with van der Waals surface area (Å²) in [5, 5.41) is 3.57. The van der Waals surface area contributed by atoms with Crippen molar-refractivity contribution in [2.45, 2.75) is 57.8 Å². The first-order valence-corrected chi connectivity index (χ1v) is 11.2. The molecule has 0 rings (SSSR count). The number of ether oxygens (including phenoxy) is 3. The summed E-state index contributed by atoms with van der Waals surface area (Å²) >= 11 is 0. The second kappa shape index (κ2) is 10.6. The van der Waals surface area contributed by atoms with E-state index in [2.05, 4.69) is 29.7 Å². The molecule has 1 unspecified atom stereocenters. The summed E-state index contributed by atoms with van der Waals surface area (Å²) < 4.78 is 15.5. The zero-order valence-corrected chi connectivity index (χ0v) is 15.5. The van der Waals surface area contributed by atoms with E-state index >= 15 is 0 Å². The molecule has 0 saturated heterocycles. The monoisotopic (exact) mass is 331 g/mol. The Hall–Kier alpha value is -1.08. The molecule has 0 bridgehead atoms. The van der Waals surface area contributed by atoms with Gasteiger partial charge in [0, 0.05) is 33.6 Å². The normalized spacial score (nSPS) is 14.3. The first kappa shape index (κ1) is 20.9. The highest BCUT2D eigenvalue weighted by Gasteiger charge is 2.24. The molecule has 0 aliphatic carbocycles. The quantitative estimate of drug-likeness (QED) is 0.144. The lowest BCUT2D eigenvalue weighted by atomic mass is 9.98. The van der Waals surface area contributed by atoms with E-state index in [1.54, 1.807) is 14.2 Å². The number of hydrogen-bond donors (Lipinski definition) is 0. The van der Waals surface area contributed by atoms with Crippen molar-refractivity contribution in [3.05, 3.63) is 10.4 Å². The summed E-state index contributed by atoms with van der Waals surface area (Å²) in [6.07, 6.45) is 0.704. The van der Waals surface area contributed by atoms with Crippen LogP contribution in [-0.4, -0.2) is 47.2 Å². The predicted octanol–water partition coefficient (Wildman–Crippen LogP) is 3.58. The first-order valence-electron chi connectivity index (χ1n) is 7.50. The van der Waals surface area contributed by atoms with Crippen LogP contribution < -0.4 is 0 Å². The summed E-state index contributed by atoms with van der Waals surface area (Å²) in [6, 6.07) is 0.100. The fraction of sp³-hybridized carbons (Fsp3) is 0.929. The molecule has 0 aromatic rings. The van der Waals surface area contributed by atoms with Gasteiger partial charge in [-0.25, -0.2) is 0 Å². The van der Waals surface area contributed by atoms with Crippen LogP contribution in [0.2, 0.25) is 25.7 Å². The van der Waals surface area contributed by atoms with Crippen LogP contribution in [0.3, 0.4) is 0 Å². The molecule has 0 aromatic heterocycles. The van der Waals surface area contributed by atoms with Gasteiger partial charge in [0.25, 0.3) is 0 Å². The average molecular weight is 331 g/mol. The Morgan fingerprint density at radius 2 is 1.82 bits per heavy atom. The largest absolute Gasteiger partial charge is 0.466 e. The number of methoxy groups -OCH3 is 2. The molecule has 0 amide bonds. The third-order valence-corrected chi connectivity index (χ3v) is 5.01. The molecular formula is C14H29N3O4Si. The van der Waals surface area contributed by atoms with Crippen LogP contribution in [0.25, 0.3) is 10.4 Å². The Bertz CT molecular complexity index is 377. The van der Waals surface area contributed by atoms with Crippen molar-refractivity contribution in [2.24, 2.45) is 11.0 Å². The molecule has 0 aliphatic rings. The van der Waals surface area contributed by atoms with Crippen LogP contribution in [0.5, 0.6) is 0 Å². The summed E-state index contributed by atoms with van der Waals surface area (Å²) in [4.78, 5) is 14.8. The highest BCUT2D eigenvalue weighted by molar-refractivity contribution is 6.76. The van der Waals surface area contributed by atoms with Crippen molar-refractivity contribution in [2.75, 3.05) is 20.8 Å². The topological polar surface area (TPSA) is 93.5 Å². The van der Waals surface area contributed by atoms with Crippen molar-refractivity contribution in [3.63, 3.8) is 0 Å². The zero-order valence-electron chi connectivity index (χ0n) is 14.5. The van der Waals surface area contributed by atoms with Gasteiger partial charge in [0.1, 0.15) is 6.04 Å². The lowest BCUT2D eigenvalue weighted by molar-refractivity contribution is -0.145. The molecule has 0 heterocycles. The number of nitrogens with zero attached hydrogens (tertiary/aromatic N) is 3. The van der Waals surface area contributed by atoms with Gasteiger partial charge in [-0.1, -0.05) is 31.7 Å². The lowest BCUT2D eigenvalue weighted by Crippen LogP contribution is -2.28. The summed E-state index contributed by atoms with van der Waals surface area (Å²) in [5.41, 5.74) is 8.64. The van der Waals surface area contributed by atoms with E-state index in [4.69, 9.17) is 19.7 Å². The number of rotatable bonds is 11. The summed E-state index contributed by atoms with van der Waals surface area (Å²) in [7, 11) is 1.88. The molecule has 8 heteroatoms. The SMILES string of the molecule is COC(CC(C)C[C@H](N=[N+]=[N-])C(=O)OCC[Si](C)(C)C)OC. The minimum atomic E-state index is -1.25. The molecule has 0 fully saturated rings. The average Bonchev–Trinajstić information content (AvgIpc) is 2.42. The van der Waals surface area contributed by atoms with Crippen molar-refractivity contribution in [3.8, 4) is 0 Å². The molecule has 128 valence electrons. The van der Waals surface area contributed by atoms with Gasteiger partial charge in [0.15, 0.2) is 6.29 Å².